The van der Waals surface area contributed by atoms with Crippen molar-refractivity contribution in [3.8, 4) is 16.9 Å². The quantitative estimate of drug-likeness (QED) is 0.671. The van der Waals surface area contributed by atoms with Crippen LogP contribution in [-0.2, 0) is 4.74 Å². The number of hydrogen-bond acceptors (Lipinski definition) is 6. The summed E-state index contributed by atoms with van der Waals surface area (Å²) in [5.41, 5.74) is 0.824. The van der Waals surface area contributed by atoms with Gasteiger partial charge in [0.2, 0.25) is 0 Å². The molecule has 1 aliphatic rings. The Morgan fingerprint density at radius 2 is 2.03 bits per heavy atom. The van der Waals surface area contributed by atoms with Crippen LogP contribution in [0.15, 0.2) is 59.7 Å². The number of carbonyl (C=O) groups excluding carboxylic acids is 1. The zero-order chi connectivity index (χ0) is 20.4. The van der Waals surface area contributed by atoms with Crippen LogP contribution < -0.4 is 10.9 Å². The molecule has 0 saturated carbocycles. The van der Waals surface area contributed by atoms with Crippen LogP contribution >= 0.6 is 11.6 Å². The van der Waals surface area contributed by atoms with Crippen LogP contribution in [0.2, 0.25) is 5.02 Å². The van der Waals surface area contributed by atoms with Gasteiger partial charge < -0.3 is 15.2 Å². The van der Waals surface area contributed by atoms with Crippen LogP contribution in [0.3, 0.4) is 0 Å². The van der Waals surface area contributed by atoms with E-state index in [9.17, 15) is 14.7 Å². The number of nitrogens with zero attached hydrogens (tertiary/aromatic N) is 3. The Kier molecular flexibility index (Phi) is 5.39. The number of aliphatic hydroxyl groups excluding tert-OH is 1. The Bertz CT molecular complexity index is 1090. The van der Waals surface area contributed by atoms with Gasteiger partial charge in [0.05, 0.1) is 42.9 Å². The first-order valence-corrected chi connectivity index (χ1v) is 9.28. The van der Waals surface area contributed by atoms with Gasteiger partial charge in [-0.15, -0.1) is 0 Å². The largest absolute Gasteiger partial charge is 0.388 e. The van der Waals surface area contributed by atoms with Crippen LogP contribution in [0.4, 0.5) is 0 Å². The Morgan fingerprint density at radius 1 is 1.24 bits per heavy atom. The number of rotatable bonds is 4. The van der Waals surface area contributed by atoms with E-state index in [-0.39, 0.29) is 18.8 Å². The topological polar surface area (TPSA) is 106 Å². The summed E-state index contributed by atoms with van der Waals surface area (Å²) in [5, 5.41) is 17.5. The van der Waals surface area contributed by atoms with E-state index in [4.69, 9.17) is 16.3 Å². The number of halogens is 1. The molecular formula is C20H17ClN4O4. The molecule has 8 nitrogen and oxygen atoms in total. The van der Waals surface area contributed by atoms with Crippen LogP contribution in [-0.4, -0.2) is 51.1 Å². The molecule has 3 aromatic rings. The number of aliphatic hydroxyl groups is 1. The van der Waals surface area contributed by atoms with Crippen molar-refractivity contribution in [1.82, 2.24) is 20.1 Å². The number of carbonyl (C=O) groups is 1. The molecule has 1 aromatic carbocycles. The van der Waals surface area contributed by atoms with Crippen molar-refractivity contribution >= 4 is 17.5 Å². The maximum atomic E-state index is 13.0. The lowest BCUT2D eigenvalue weighted by molar-refractivity contribution is 0.0884. The average molecular weight is 413 g/mol. The second-order valence-corrected chi connectivity index (χ2v) is 7.00. The van der Waals surface area contributed by atoms with Crippen LogP contribution in [0.25, 0.3) is 16.9 Å². The van der Waals surface area contributed by atoms with Crippen molar-refractivity contribution in [2.24, 2.45) is 0 Å². The maximum absolute atomic E-state index is 13.0. The smallest absolute Gasteiger partial charge is 0.284 e. The number of benzene rings is 1. The van der Waals surface area contributed by atoms with E-state index >= 15 is 0 Å². The van der Waals surface area contributed by atoms with E-state index < -0.39 is 23.6 Å². The summed E-state index contributed by atoms with van der Waals surface area (Å²) in [6.45, 7) is 0.316. The molecule has 1 amide bonds. The van der Waals surface area contributed by atoms with Gasteiger partial charge in [-0.25, -0.2) is 0 Å². The van der Waals surface area contributed by atoms with E-state index in [0.29, 0.717) is 22.0 Å². The molecule has 2 atom stereocenters. The number of ether oxygens (including phenoxy) is 1. The van der Waals surface area contributed by atoms with Crippen molar-refractivity contribution in [3.05, 3.63) is 75.8 Å². The highest BCUT2D eigenvalue weighted by molar-refractivity contribution is 6.30. The third-order valence-corrected chi connectivity index (χ3v) is 4.81. The van der Waals surface area contributed by atoms with Gasteiger partial charge in [0.15, 0.2) is 0 Å². The summed E-state index contributed by atoms with van der Waals surface area (Å²) in [6, 6.07) is 11.1. The van der Waals surface area contributed by atoms with E-state index in [1.807, 2.05) is 0 Å². The first-order valence-electron chi connectivity index (χ1n) is 8.90. The first kappa shape index (κ1) is 19.3. The summed E-state index contributed by atoms with van der Waals surface area (Å²) in [5.74, 6) is -0.611. The van der Waals surface area contributed by atoms with Gasteiger partial charge >= 0.3 is 0 Å². The summed E-state index contributed by atoms with van der Waals surface area (Å²) in [4.78, 5) is 29.8. The van der Waals surface area contributed by atoms with E-state index in [2.05, 4.69) is 15.4 Å². The fourth-order valence-corrected chi connectivity index (χ4v) is 3.13. The predicted octanol–water partition coefficient (Wildman–Crippen LogP) is 1.44. The van der Waals surface area contributed by atoms with E-state index in [0.717, 1.165) is 4.68 Å². The lowest BCUT2D eigenvalue weighted by atomic mass is 10.1. The molecule has 4 rings (SSSR count). The molecule has 2 N–H and O–H groups in total. The Morgan fingerprint density at radius 3 is 2.69 bits per heavy atom. The molecule has 0 aliphatic carbocycles. The van der Waals surface area contributed by atoms with Gasteiger partial charge in [-0.3, -0.25) is 14.6 Å². The maximum Gasteiger partial charge on any atom is 0.284 e. The fraction of sp³-hybridized carbons (Fsp3) is 0.200. The molecule has 0 bridgehead atoms. The molecule has 2 aromatic heterocycles. The normalized spacial score (nSPS) is 18.6. The Hall–Kier alpha value is -3.07. The summed E-state index contributed by atoms with van der Waals surface area (Å²) in [7, 11) is 0. The monoisotopic (exact) mass is 412 g/mol. The highest BCUT2D eigenvalue weighted by Gasteiger charge is 2.29. The third-order valence-electron chi connectivity index (χ3n) is 4.55. The SMILES string of the molecule is O=C(N[C@@H]1COC[C@@H]1O)c1cc(-c2ccc(Cl)cc2)nn(-c2cccnc2)c1=O. The molecule has 9 heteroatoms. The second kappa shape index (κ2) is 8.12. The zero-order valence-corrected chi connectivity index (χ0v) is 15.9. The van der Waals surface area contributed by atoms with Gasteiger partial charge in [-0.1, -0.05) is 23.7 Å². The average Bonchev–Trinajstić information content (AvgIpc) is 3.14. The molecule has 3 heterocycles. The number of nitrogens with one attached hydrogen (secondary N) is 1. The molecule has 148 valence electrons. The van der Waals surface area contributed by atoms with Crippen LogP contribution in [0.5, 0.6) is 0 Å². The summed E-state index contributed by atoms with van der Waals surface area (Å²) in [6.07, 6.45) is 2.24. The minimum atomic E-state index is -0.822. The minimum absolute atomic E-state index is 0.104. The standard InChI is InChI=1S/C20H17ClN4O4/c21-13-5-3-12(4-6-13)16-8-15(19(27)23-17-10-29-11-18(17)26)20(28)25(24-16)14-2-1-7-22-9-14/h1-9,17-18,26H,10-11H2,(H,23,27)/t17-,18+/m1/s1. The van der Waals surface area contributed by atoms with Gasteiger partial charge in [-0.05, 0) is 30.3 Å². The van der Waals surface area contributed by atoms with Crippen LogP contribution in [0, 0.1) is 0 Å². The van der Waals surface area contributed by atoms with Gasteiger partial charge in [-0.2, -0.15) is 9.78 Å². The molecule has 0 spiro atoms. The van der Waals surface area contributed by atoms with E-state index in [1.54, 1.807) is 42.6 Å². The van der Waals surface area contributed by atoms with Gasteiger partial charge in [0.1, 0.15) is 5.56 Å². The molecular weight excluding hydrogens is 396 g/mol. The van der Waals surface area contributed by atoms with Crippen molar-refractivity contribution in [1.29, 1.82) is 0 Å². The Labute approximate surface area is 170 Å². The van der Waals surface area contributed by atoms with Crippen molar-refractivity contribution in [2.45, 2.75) is 12.1 Å². The summed E-state index contributed by atoms with van der Waals surface area (Å²) >= 11 is 5.96. The third kappa shape index (κ3) is 4.04. The minimum Gasteiger partial charge on any atom is -0.388 e. The fourth-order valence-electron chi connectivity index (χ4n) is 3.00. The Balaban J connectivity index is 1.81. The van der Waals surface area contributed by atoms with Gasteiger partial charge in [0, 0.05) is 16.8 Å². The van der Waals surface area contributed by atoms with Crippen LogP contribution in [0.1, 0.15) is 10.4 Å². The van der Waals surface area contributed by atoms with Crippen molar-refractivity contribution in [3.63, 3.8) is 0 Å². The molecule has 1 fully saturated rings. The molecule has 1 aliphatic heterocycles. The van der Waals surface area contributed by atoms with Crippen molar-refractivity contribution < 1.29 is 14.6 Å². The molecule has 0 unspecified atom stereocenters. The predicted molar refractivity (Wildman–Crippen MR) is 106 cm³/mol. The molecule has 0 radical (unpaired) electrons. The highest BCUT2D eigenvalue weighted by atomic mass is 35.5. The number of amides is 1. The lowest BCUT2D eigenvalue weighted by Gasteiger charge is -2.15. The zero-order valence-electron chi connectivity index (χ0n) is 15.2. The summed E-state index contributed by atoms with van der Waals surface area (Å²) < 4.78 is 6.28. The second-order valence-electron chi connectivity index (χ2n) is 6.56. The number of aromatic nitrogens is 3. The highest BCUT2D eigenvalue weighted by Crippen LogP contribution is 2.20. The van der Waals surface area contributed by atoms with E-state index in [1.165, 1.54) is 12.3 Å². The van der Waals surface area contributed by atoms with Gasteiger partial charge in [0.25, 0.3) is 11.5 Å². The van der Waals surface area contributed by atoms with Crippen molar-refractivity contribution in [2.75, 3.05) is 13.2 Å². The number of hydrogen-bond donors (Lipinski definition) is 2. The molecule has 1 saturated heterocycles. The lowest BCUT2D eigenvalue weighted by Crippen LogP contribution is -2.44. The number of pyridine rings is 1. The molecule has 29 heavy (non-hydrogen) atoms. The first-order chi connectivity index (χ1) is 14.0.